The molecular formula is C9H7N3O3. The van der Waals surface area contributed by atoms with Crippen LogP contribution in [0.15, 0.2) is 23.0 Å². The first-order chi connectivity index (χ1) is 7.11. The molecule has 0 saturated heterocycles. The standard InChI is InChI=1S/C9H7N3O3/c1-5-8-6(9(13)11-10-5)3-2-4-7(8)12(14)15/h2-4H,1H3,(H,11,13). The SMILES string of the molecule is Cc1n[nH]c(=O)c2cccc([N+](=O)[O-])c12. The highest BCUT2D eigenvalue weighted by atomic mass is 16.6. The minimum absolute atomic E-state index is 0.0939. The third-order valence-electron chi connectivity index (χ3n) is 2.17. The summed E-state index contributed by atoms with van der Waals surface area (Å²) in [5.74, 6) is 0. The van der Waals surface area contributed by atoms with Gasteiger partial charge in [-0.25, -0.2) is 5.10 Å². The predicted octanol–water partition coefficient (Wildman–Crippen LogP) is 1.14. The minimum atomic E-state index is -0.517. The number of benzene rings is 1. The summed E-state index contributed by atoms with van der Waals surface area (Å²) < 4.78 is 0. The molecule has 0 aliphatic rings. The van der Waals surface area contributed by atoms with Gasteiger partial charge in [-0.1, -0.05) is 6.07 Å². The molecule has 1 N–H and O–H groups in total. The van der Waals surface area contributed by atoms with E-state index >= 15 is 0 Å². The quantitative estimate of drug-likeness (QED) is 0.558. The van der Waals surface area contributed by atoms with Crippen molar-refractivity contribution in [3.63, 3.8) is 0 Å². The van der Waals surface area contributed by atoms with Crippen LogP contribution in [0.2, 0.25) is 0 Å². The van der Waals surface area contributed by atoms with Crippen molar-refractivity contribution >= 4 is 16.5 Å². The molecule has 0 unspecified atom stereocenters. The van der Waals surface area contributed by atoms with Crippen molar-refractivity contribution < 1.29 is 4.92 Å². The average molecular weight is 205 g/mol. The summed E-state index contributed by atoms with van der Waals surface area (Å²) in [6.45, 7) is 1.62. The van der Waals surface area contributed by atoms with Crippen LogP contribution < -0.4 is 5.56 Å². The number of fused-ring (bicyclic) bond motifs is 1. The van der Waals surface area contributed by atoms with Crippen molar-refractivity contribution in [1.82, 2.24) is 10.2 Å². The Hall–Kier alpha value is -2.24. The number of non-ortho nitro benzene ring substituents is 1. The van der Waals surface area contributed by atoms with Crippen LogP contribution in [-0.2, 0) is 0 Å². The lowest BCUT2D eigenvalue weighted by atomic mass is 10.1. The zero-order chi connectivity index (χ0) is 11.0. The molecule has 0 bridgehead atoms. The molecule has 0 radical (unpaired) electrons. The Bertz CT molecular complexity index is 603. The van der Waals surface area contributed by atoms with E-state index in [0.717, 1.165) is 0 Å². The lowest BCUT2D eigenvalue weighted by molar-refractivity contribution is -0.383. The van der Waals surface area contributed by atoms with E-state index < -0.39 is 10.5 Å². The maximum atomic E-state index is 11.4. The van der Waals surface area contributed by atoms with Crippen LogP contribution in [0, 0.1) is 17.0 Å². The second-order valence-corrected chi connectivity index (χ2v) is 3.09. The molecule has 0 atom stereocenters. The van der Waals surface area contributed by atoms with Gasteiger partial charge in [0.25, 0.3) is 11.2 Å². The topological polar surface area (TPSA) is 88.9 Å². The van der Waals surface area contributed by atoms with Crippen LogP contribution in [0.4, 0.5) is 5.69 Å². The van der Waals surface area contributed by atoms with Crippen molar-refractivity contribution in [2.75, 3.05) is 0 Å². The van der Waals surface area contributed by atoms with Crippen LogP contribution in [-0.4, -0.2) is 15.1 Å². The van der Waals surface area contributed by atoms with Crippen molar-refractivity contribution in [1.29, 1.82) is 0 Å². The molecule has 0 aliphatic heterocycles. The summed E-state index contributed by atoms with van der Waals surface area (Å²) >= 11 is 0. The number of hydrogen-bond donors (Lipinski definition) is 1. The van der Waals surface area contributed by atoms with Crippen molar-refractivity contribution in [2.45, 2.75) is 6.92 Å². The molecule has 1 aromatic heterocycles. The first-order valence-electron chi connectivity index (χ1n) is 4.23. The molecule has 15 heavy (non-hydrogen) atoms. The summed E-state index contributed by atoms with van der Waals surface area (Å²) in [7, 11) is 0. The van der Waals surface area contributed by atoms with E-state index in [-0.39, 0.29) is 11.1 Å². The lowest BCUT2D eigenvalue weighted by Gasteiger charge is -2.00. The Kier molecular flexibility index (Phi) is 1.96. The number of hydrogen-bond acceptors (Lipinski definition) is 4. The fourth-order valence-electron chi connectivity index (χ4n) is 1.51. The molecule has 76 valence electrons. The van der Waals surface area contributed by atoms with Crippen LogP contribution in [0.25, 0.3) is 10.8 Å². The van der Waals surface area contributed by atoms with Crippen LogP contribution >= 0.6 is 0 Å². The summed E-state index contributed by atoms with van der Waals surface area (Å²) in [4.78, 5) is 21.6. The Morgan fingerprint density at radius 2 is 2.20 bits per heavy atom. The summed E-state index contributed by atoms with van der Waals surface area (Å²) in [5, 5.41) is 17.3. The summed E-state index contributed by atoms with van der Waals surface area (Å²) in [5.41, 5.74) is -0.0696. The number of rotatable bonds is 1. The highest BCUT2D eigenvalue weighted by Crippen LogP contribution is 2.24. The Labute approximate surface area is 83.7 Å². The summed E-state index contributed by atoms with van der Waals surface area (Å²) in [6, 6.07) is 4.38. The van der Waals surface area contributed by atoms with Gasteiger partial charge >= 0.3 is 0 Å². The highest BCUT2D eigenvalue weighted by Gasteiger charge is 2.15. The Balaban J connectivity index is 3.03. The van der Waals surface area contributed by atoms with E-state index in [1.165, 1.54) is 18.2 Å². The predicted molar refractivity (Wildman–Crippen MR) is 53.8 cm³/mol. The Morgan fingerprint density at radius 3 is 2.87 bits per heavy atom. The molecule has 0 fully saturated rings. The van der Waals surface area contributed by atoms with Gasteiger partial charge in [-0.2, -0.15) is 5.10 Å². The van der Waals surface area contributed by atoms with Gasteiger partial charge < -0.3 is 0 Å². The third-order valence-corrected chi connectivity index (χ3v) is 2.17. The first-order valence-corrected chi connectivity index (χ1v) is 4.23. The number of nitro groups is 1. The zero-order valence-electron chi connectivity index (χ0n) is 7.85. The molecule has 1 heterocycles. The molecule has 0 amide bonds. The van der Waals surface area contributed by atoms with Gasteiger partial charge in [0.15, 0.2) is 0 Å². The van der Waals surface area contributed by atoms with E-state index in [1.807, 2.05) is 0 Å². The van der Waals surface area contributed by atoms with Crippen LogP contribution in [0.3, 0.4) is 0 Å². The largest absolute Gasteiger partial charge is 0.279 e. The maximum Gasteiger partial charge on any atom is 0.279 e. The van der Waals surface area contributed by atoms with Crippen molar-refractivity contribution in [3.05, 3.63) is 44.4 Å². The van der Waals surface area contributed by atoms with E-state index in [2.05, 4.69) is 10.2 Å². The number of nitrogens with one attached hydrogen (secondary N) is 1. The maximum absolute atomic E-state index is 11.4. The monoisotopic (exact) mass is 205 g/mol. The number of aromatic nitrogens is 2. The first kappa shape index (κ1) is 9.32. The Morgan fingerprint density at radius 1 is 1.47 bits per heavy atom. The molecule has 2 aromatic rings. The fourth-order valence-corrected chi connectivity index (χ4v) is 1.51. The second kappa shape index (κ2) is 3.16. The number of nitrogens with zero attached hydrogens (tertiary/aromatic N) is 2. The van der Waals surface area contributed by atoms with Gasteiger partial charge in [-0.05, 0) is 13.0 Å². The second-order valence-electron chi connectivity index (χ2n) is 3.09. The van der Waals surface area contributed by atoms with Crippen LogP contribution in [0.5, 0.6) is 0 Å². The van der Waals surface area contributed by atoms with E-state index in [0.29, 0.717) is 11.1 Å². The average Bonchev–Trinajstić information content (AvgIpc) is 2.23. The van der Waals surface area contributed by atoms with Gasteiger partial charge in [-0.15, -0.1) is 0 Å². The normalized spacial score (nSPS) is 10.5. The lowest BCUT2D eigenvalue weighted by Crippen LogP contribution is -2.10. The summed E-state index contributed by atoms with van der Waals surface area (Å²) in [6.07, 6.45) is 0. The molecule has 6 heteroatoms. The molecule has 0 spiro atoms. The van der Waals surface area contributed by atoms with E-state index in [4.69, 9.17) is 0 Å². The fraction of sp³-hybridized carbons (Fsp3) is 0.111. The number of aryl methyl sites for hydroxylation is 1. The number of H-pyrrole nitrogens is 1. The van der Waals surface area contributed by atoms with E-state index in [1.54, 1.807) is 6.92 Å². The molecular weight excluding hydrogens is 198 g/mol. The third kappa shape index (κ3) is 1.35. The number of aromatic amines is 1. The molecule has 6 nitrogen and oxygen atoms in total. The van der Waals surface area contributed by atoms with Crippen LogP contribution in [0.1, 0.15) is 5.69 Å². The molecule has 2 rings (SSSR count). The highest BCUT2D eigenvalue weighted by molar-refractivity contribution is 5.91. The molecule has 0 saturated carbocycles. The van der Waals surface area contributed by atoms with Gasteiger partial charge in [0.1, 0.15) is 0 Å². The zero-order valence-corrected chi connectivity index (χ0v) is 7.85. The number of nitro benzene ring substituents is 1. The molecule has 0 aliphatic carbocycles. The van der Waals surface area contributed by atoms with Gasteiger partial charge in [-0.3, -0.25) is 14.9 Å². The van der Waals surface area contributed by atoms with Gasteiger partial charge in [0, 0.05) is 6.07 Å². The van der Waals surface area contributed by atoms with Gasteiger partial charge in [0.05, 0.1) is 21.4 Å². The van der Waals surface area contributed by atoms with Gasteiger partial charge in [0.2, 0.25) is 0 Å². The minimum Gasteiger partial charge on any atom is -0.267 e. The van der Waals surface area contributed by atoms with Crippen molar-refractivity contribution in [2.24, 2.45) is 0 Å². The van der Waals surface area contributed by atoms with Crippen molar-refractivity contribution in [3.8, 4) is 0 Å². The van der Waals surface area contributed by atoms with E-state index in [9.17, 15) is 14.9 Å². The molecule has 1 aromatic carbocycles. The smallest absolute Gasteiger partial charge is 0.267 e.